The Labute approximate surface area is 144 Å². The molecule has 3 N–H and O–H groups in total. The number of hydrogen-bond acceptors (Lipinski definition) is 4. The third-order valence-corrected chi connectivity index (χ3v) is 3.46. The Kier molecular flexibility index (Phi) is 4.71. The molecule has 0 saturated carbocycles. The van der Waals surface area contributed by atoms with E-state index in [4.69, 9.17) is 10.5 Å². The number of esters is 1. The van der Waals surface area contributed by atoms with Crippen LogP contribution in [0.15, 0.2) is 67.0 Å². The average Bonchev–Trinajstić information content (AvgIpc) is 3.09. The summed E-state index contributed by atoms with van der Waals surface area (Å²) in [4.78, 5) is 30.4. The van der Waals surface area contributed by atoms with Gasteiger partial charge in [-0.25, -0.2) is 9.78 Å². The molecular formula is C19H15N3O3. The predicted molar refractivity (Wildman–Crippen MR) is 93.5 cm³/mol. The summed E-state index contributed by atoms with van der Waals surface area (Å²) >= 11 is 0. The molecule has 0 radical (unpaired) electrons. The second-order valence-electron chi connectivity index (χ2n) is 5.17. The normalized spacial score (nSPS) is 11.1. The van der Waals surface area contributed by atoms with Crippen molar-refractivity contribution in [2.45, 2.75) is 0 Å². The Morgan fingerprint density at radius 3 is 2.28 bits per heavy atom. The van der Waals surface area contributed by atoms with Crippen molar-refractivity contribution >= 4 is 23.5 Å². The third kappa shape index (κ3) is 3.81. The number of amides is 1. The number of hydrogen-bond donors (Lipinski definition) is 2. The van der Waals surface area contributed by atoms with Crippen LogP contribution in [0.4, 0.5) is 0 Å². The van der Waals surface area contributed by atoms with Gasteiger partial charge >= 0.3 is 5.97 Å². The van der Waals surface area contributed by atoms with Crippen molar-refractivity contribution in [2.75, 3.05) is 0 Å². The van der Waals surface area contributed by atoms with Crippen molar-refractivity contribution in [1.82, 2.24) is 9.97 Å². The maximum Gasteiger partial charge on any atom is 0.345 e. The van der Waals surface area contributed by atoms with Gasteiger partial charge in [0.25, 0.3) is 11.8 Å². The number of carbonyl (C=O) groups is 2. The molecule has 6 heteroatoms. The lowest BCUT2D eigenvalue weighted by atomic mass is 10.0. The zero-order valence-electron chi connectivity index (χ0n) is 13.2. The highest BCUT2D eigenvalue weighted by Crippen LogP contribution is 2.22. The smallest absolute Gasteiger partial charge is 0.345 e. The molecule has 0 saturated heterocycles. The number of nitrogens with zero attached hydrogens (tertiary/aromatic N) is 1. The molecule has 0 aliphatic heterocycles. The molecule has 6 nitrogen and oxygen atoms in total. The van der Waals surface area contributed by atoms with E-state index in [1.165, 1.54) is 6.33 Å². The second kappa shape index (κ2) is 7.27. The van der Waals surface area contributed by atoms with Gasteiger partial charge < -0.3 is 15.5 Å². The molecule has 0 fully saturated rings. The fourth-order valence-electron chi connectivity index (χ4n) is 2.27. The first-order valence-corrected chi connectivity index (χ1v) is 7.52. The number of nitrogens with one attached hydrogen (secondary N) is 1. The van der Waals surface area contributed by atoms with Gasteiger partial charge in [0, 0.05) is 0 Å². The number of H-pyrrole nitrogens is 1. The highest BCUT2D eigenvalue weighted by Gasteiger charge is 2.20. The van der Waals surface area contributed by atoms with E-state index in [1.54, 1.807) is 18.2 Å². The van der Waals surface area contributed by atoms with E-state index in [2.05, 4.69) is 9.97 Å². The topological polar surface area (TPSA) is 98.1 Å². The Hall–Kier alpha value is -3.67. The zero-order valence-corrected chi connectivity index (χ0v) is 13.2. The van der Waals surface area contributed by atoms with E-state index in [-0.39, 0.29) is 11.6 Å². The summed E-state index contributed by atoms with van der Waals surface area (Å²) in [7, 11) is 0. The van der Waals surface area contributed by atoms with Crippen LogP contribution in [0.3, 0.4) is 0 Å². The maximum absolute atomic E-state index is 12.7. The first-order valence-electron chi connectivity index (χ1n) is 7.52. The van der Waals surface area contributed by atoms with Crippen molar-refractivity contribution in [3.63, 3.8) is 0 Å². The van der Waals surface area contributed by atoms with Crippen LogP contribution in [0.25, 0.3) is 11.6 Å². The summed E-state index contributed by atoms with van der Waals surface area (Å²) in [6.07, 6.45) is 2.96. The number of rotatable bonds is 5. The van der Waals surface area contributed by atoms with E-state index in [0.717, 1.165) is 5.56 Å². The van der Waals surface area contributed by atoms with Crippen LogP contribution < -0.4 is 10.5 Å². The highest BCUT2D eigenvalue weighted by molar-refractivity contribution is 6.22. The van der Waals surface area contributed by atoms with Gasteiger partial charge in [0.2, 0.25) is 0 Å². The van der Waals surface area contributed by atoms with Crippen LogP contribution >= 0.6 is 0 Å². The summed E-state index contributed by atoms with van der Waals surface area (Å²) < 4.78 is 5.29. The molecule has 124 valence electrons. The number of carbonyl (C=O) groups excluding carboxylic acids is 2. The van der Waals surface area contributed by atoms with Crippen LogP contribution in [-0.4, -0.2) is 21.8 Å². The average molecular weight is 333 g/mol. The predicted octanol–water partition coefficient (Wildman–Crippen LogP) is 2.65. The van der Waals surface area contributed by atoms with Crippen molar-refractivity contribution < 1.29 is 14.3 Å². The molecular weight excluding hydrogens is 318 g/mol. The first kappa shape index (κ1) is 16.2. The summed E-state index contributed by atoms with van der Waals surface area (Å²) in [6, 6.07) is 18.5. The number of ether oxygens (including phenoxy) is 1. The summed E-state index contributed by atoms with van der Waals surface area (Å²) in [6.45, 7) is 0. The van der Waals surface area contributed by atoms with E-state index in [1.807, 2.05) is 48.5 Å². The van der Waals surface area contributed by atoms with Crippen LogP contribution in [0.2, 0.25) is 0 Å². The van der Waals surface area contributed by atoms with Gasteiger partial charge in [-0.15, -0.1) is 0 Å². The van der Waals surface area contributed by atoms with Crippen LogP contribution in [0, 0.1) is 0 Å². The molecule has 2 aromatic carbocycles. The standard InChI is InChI=1S/C19H15N3O3/c20-17(23)16-18(22-12-21-16)25-19(24)15(14-9-5-2-6-10-14)11-13-7-3-1-4-8-13/h1-12H,(H2,20,23)(H,21,22)/b15-11+. The lowest BCUT2D eigenvalue weighted by Crippen LogP contribution is -2.16. The van der Waals surface area contributed by atoms with Crippen LogP contribution in [-0.2, 0) is 4.79 Å². The lowest BCUT2D eigenvalue weighted by molar-refractivity contribution is -0.128. The first-order chi connectivity index (χ1) is 12.1. The molecule has 0 spiro atoms. The Bertz CT molecular complexity index is 915. The Morgan fingerprint density at radius 1 is 1.00 bits per heavy atom. The summed E-state index contributed by atoms with van der Waals surface area (Å²) in [5, 5.41) is 0. The zero-order chi connectivity index (χ0) is 17.6. The maximum atomic E-state index is 12.7. The molecule has 3 rings (SSSR count). The van der Waals surface area contributed by atoms with E-state index in [0.29, 0.717) is 11.1 Å². The molecule has 3 aromatic rings. The molecule has 0 bridgehead atoms. The minimum absolute atomic E-state index is 0.0551. The molecule has 25 heavy (non-hydrogen) atoms. The summed E-state index contributed by atoms with van der Waals surface area (Å²) in [5.41, 5.74) is 7.04. The van der Waals surface area contributed by atoms with Gasteiger partial charge in [0.05, 0.1) is 11.9 Å². The summed E-state index contributed by atoms with van der Waals surface area (Å²) in [5.74, 6) is -1.54. The van der Waals surface area contributed by atoms with Crippen molar-refractivity contribution in [3.05, 3.63) is 83.8 Å². The van der Waals surface area contributed by atoms with Crippen molar-refractivity contribution in [3.8, 4) is 5.88 Å². The number of primary amides is 1. The lowest BCUT2D eigenvalue weighted by Gasteiger charge is -2.08. The largest absolute Gasteiger partial charge is 0.401 e. The number of imidazole rings is 1. The molecule has 0 aliphatic carbocycles. The van der Waals surface area contributed by atoms with Gasteiger partial charge in [-0.3, -0.25) is 4.79 Å². The highest BCUT2D eigenvalue weighted by atomic mass is 16.5. The monoisotopic (exact) mass is 333 g/mol. The van der Waals surface area contributed by atoms with Crippen LogP contribution in [0.1, 0.15) is 21.6 Å². The minimum Gasteiger partial charge on any atom is -0.401 e. The Balaban J connectivity index is 1.97. The van der Waals surface area contributed by atoms with Gasteiger partial charge in [0.1, 0.15) is 0 Å². The SMILES string of the molecule is NC(=O)c1[nH]cnc1OC(=O)/C(=C/c1ccccc1)c1ccccc1. The molecule has 1 aromatic heterocycles. The van der Waals surface area contributed by atoms with Gasteiger partial charge in [0.15, 0.2) is 5.69 Å². The molecule has 1 heterocycles. The fraction of sp³-hybridized carbons (Fsp3) is 0. The number of aromatic amines is 1. The minimum atomic E-state index is -0.756. The van der Waals surface area contributed by atoms with E-state index < -0.39 is 11.9 Å². The molecule has 0 atom stereocenters. The van der Waals surface area contributed by atoms with Crippen molar-refractivity contribution in [2.24, 2.45) is 5.73 Å². The van der Waals surface area contributed by atoms with E-state index in [9.17, 15) is 9.59 Å². The van der Waals surface area contributed by atoms with Crippen LogP contribution in [0.5, 0.6) is 5.88 Å². The number of aromatic nitrogens is 2. The molecule has 1 amide bonds. The van der Waals surface area contributed by atoms with E-state index >= 15 is 0 Å². The molecule has 0 unspecified atom stereocenters. The van der Waals surface area contributed by atoms with Gasteiger partial charge in [-0.05, 0) is 17.2 Å². The Morgan fingerprint density at radius 2 is 1.64 bits per heavy atom. The fourth-order valence-corrected chi connectivity index (χ4v) is 2.27. The van der Waals surface area contributed by atoms with Crippen molar-refractivity contribution in [1.29, 1.82) is 0 Å². The van der Waals surface area contributed by atoms with Gasteiger partial charge in [-0.2, -0.15) is 0 Å². The third-order valence-electron chi connectivity index (χ3n) is 3.46. The number of benzene rings is 2. The quantitative estimate of drug-likeness (QED) is 0.426. The van der Waals surface area contributed by atoms with Gasteiger partial charge in [-0.1, -0.05) is 60.7 Å². The number of nitrogens with two attached hydrogens (primary N) is 1. The molecule has 0 aliphatic rings. The second-order valence-corrected chi connectivity index (χ2v) is 5.17.